The first-order valence-electron chi connectivity index (χ1n) is 8.30. The van der Waals surface area contributed by atoms with Gasteiger partial charge in [-0.2, -0.15) is 0 Å². The summed E-state index contributed by atoms with van der Waals surface area (Å²) >= 11 is 10.8. The van der Waals surface area contributed by atoms with Crippen LogP contribution in [-0.4, -0.2) is 28.4 Å². The Morgan fingerprint density at radius 3 is 2.89 bits per heavy atom. The van der Waals surface area contributed by atoms with Crippen LogP contribution in [0.2, 0.25) is 5.02 Å². The number of thiophene rings is 1. The topological polar surface area (TPSA) is 66.9 Å². The highest BCUT2D eigenvalue weighted by Gasteiger charge is 2.12. The van der Waals surface area contributed by atoms with Crippen molar-refractivity contribution >= 4 is 62.8 Å². The van der Waals surface area contributed by atoms with Crippen LogP contribution in [0.15, 0.2) is 34.0 Å². The molecule has 2 heterocycles. The summed E-state index contributed by atoms with van der Waals surface area (Å²) in [6, 6.07) is 8.01. The number of amides is 1. The lowest BCUT2D eigenvalue weighted by Crippen LogP contribution is -2.15. The molecule has 0 saturated heterocycles. The fraction of sp³-hybridized carbons (Fsp3) is 0.278. The highest BCUT2D eigenvalue weighted by atomic mass is 35.5. The normalized spacial score (nSPS) is 10.8. The van der Waals surface area contributed by atoms with Crippen LogP contribution in [-0.2, 0) is 11.2 Å². The molecule has 1 aromatic carbocycles. The minimum atomic E-state index is -0.115. The van der Waals surface area contributed by atoms with Crippen LogP contribution in [0.3, 0.4) is 0 Å². The summed E-state index contributed by atoms with van der Waals surface area (Å²) in [5, 5.41) is 17.8. The molecule has 0 radical (unpaired) electrons. The van der Waals surface area contributed by atoms with Crippen molar-refractivity contribution in [1.82, 2.24) is 10.2 Å². The summed E-state index contributed by atoms with van der Waals surface area (Å²) in [6.45, 7) is 4.72. The Kier molecular flexibility index (Phi) is 7.12. The summed E-state index contributed by atoms with van der Waals surface area (Å²) in [5.41, 5.74) is 2.69. The van der Waals surface area contributed by atoms with Crippen LogP contribution in [0.1, 0.15) is 16.0 Å². The van der Waals surface area contributed by atoms with Crippen LogP contribution < -0.4 is 10.6 Å². The van der Waals surface area contributed by atoms with E-state index >= 15 is 0 Å². The predicted molar refractivity (Wildman–Crippen MR) is 117 cm³/mol. The second-order valence-corrected chi connectivity index (χ2v) is 9.54. The molecule has 0 spiro atoms. The van der Waals surface area contributed by atoms with Crippen molar-refractivity contribution in [2.45, 2.75) is 24.6 Å². The van der Waals surface area contributed by atoms with Gasteiger partial charge >= 0.3 is 0 Å². The summed E-state index contributed by atoms with van der Waals surface area (Å²) in [6.07, 6.45) is 0.957. The first-order valence-corrected chi connectivity index (χ1v) is 11.4. The SMILES string of the molecule is Cc1cc(C)c(NC(=O)CSc2nnc(NCCc3cccs3)s2)c(Cl)c1. The molecule has 0 aliphatic carbocycles. The molecule has 9 heteroatoms. The highest BCUT2D eigenvalue weighted by molar-refractivity contribution is 8.01. The van der Waals surface area contributed by atoms with Gasteiger partial charge in [0.25, 0.3) is 0 Å². The van der Waals surface area contributed by atoms with Crippen LogP contribution in [0.4, 0.5) is 10.8 Å². The average Bonchev–Trinajstić information content (AvgIpc) is 3.28. The number of hydrogen-bond acceptors (Lipinski definition) is 7. The number of nitrogens with one attached hydrogen (secondary N) is 2. The van der Waals surface area contributed by atoms with E-state index in [1.807, 2.05) is 26.0 Å². The van der Waals surface area contributed by atoms with Crippen molar-refractivity contribution in [3.8, 4) is 0 Å². The van der Waals surface area contributed by atoms with E-state index in [9.17, 15) is 4.79 Å². The average molecular weight is 439 g/mol. The second kappa shape index (κ2) is 9.54. The summed E-state index contributed by atoms with van der Waals surface area (Å²) in [7, 11) is 0. The lowest BCUT2D eigenvalue weighted by Gasteiger charge is -2.11. The Morgan fingerprint density at radius 2 is 2.15 bits per heavy atom. The molecular formula is C18H19ClN4OS3. The third-order valence-electron chi connectivity index (χ3n) is 3.66. The minimum Gasteiger partial charge on any atom is -0.360 e. The zero-order valence-electron chi connectivity index (χ0n) is 14.9. The molecule has 3 aromatic rings. The summed E-state index contributed by atoms with van der Waals surface area (Å²) in [4.78, 5) is 13.6. The van der Waals surface area contributed by atoms with Crippen LogP contribution in [0.5, 0.6) is 0 Å². The number of aromatic nitrogens is 2. The number of thioether (sulfide) groups is 1. The first kappa shape index (κ1) is 20.1. The molecule has 1 amide bonds. The maximum Gasteiger partial charge on any atom is 0.234 e. The highest BCUT2D eigenvalue weighted by Crippen LogP contribution is 2.29. The predicted octanol–water partition coefficient (Wildman–Crippen LogP) is 5.26. The molecular weight excluding hydrogens is 420 g/mol. The van der Waals surface area contributed by atoms with E-state index in [0.29, 0.717) is 10.7 Å². The zero-order chi connectivity index (χ0) is 19.2. The van der Waals surface area contributed by atoms with Crippen LogP contribution >= 0.6 is 46.0 Å². The standard InChI is InChI=1S/C18H19ClN4OS3/c1-11-8-12(2)16(14(19)9-11)21-15(24)10-26-18-23-22-17(27-18)20-6-5-13-4-3-7-25-13/h3-4,7-9H,5-6,10H2,1-2H3,(H,20,22)(H,21,24). The molecule has 2 N–H and O–H groups in total. The van der Waals surface area contributed by atoms with E-state index in [0.717, 1.165) is 33.6 Å². The van der Waals surface area contributed by atoms with Gasteiger partial charge in [-0.15, -0.1) is 21.5 Å². The largest absolute Gasteiger partial charge is 0.360 e. The lowest BCUT2D eigenvalue weighted by atomic mass is 10.1. The van der Waals surface area contributed by atoms with Crippen molar-refractivity contribution < 1.29 is 4.79 Å². The number of benzene rings is 1. The van der Waals surface area contributed by atoms with Gasteiger partial charge in [0, 0.05) is 11.4 Å². The maximum absolute atomic E-state index is 12.2. The first-order chi connectivity index (χ1) is 13.0. The number of anilines is 2. The lowest BCUT2D eigenvalue weighted by molar-refractivity contribution is -0.113. The van der Waals surface area contributed by atoms with Crippen molar-refractivity contribution in [2.24, 2.45) is 0 Å². The van der Waals surface area contributed by atoms with E-state index in [-0.39, 0.29) is 11.7 Å². The molecule has 0 aliphatic rings. The quantitative estimate of drug-likeness (QED) is 0.470. The van der Waals surface area contributed by atoms with Crippen molar-refractivity contribution in [2.75, 3.05) is 22.9 Å². The molecule has 0 atom stereocenters. The van der Waals surface area contributed by atoms with Gasteiger partial charge < -0.3 is 10.6 Å². The van der Waals surface area contributed by atoms with Crippen LogP contribution in [0, 0.1) is 13.8 Å². The number of hydrogen-bond donors (Lipinski definition) is 2. The van der Waals surface area contributed by atoms with Crippen LogP contribution in [0.25, 0.3) is 0 Å². The molecule has 2 aromatic heterocycles. The Bertz CT molecular complexity index is 888. The molecule has 0 bridgehead atoms. The van der Waals surface area contributed by atoms with Gasteiger partial charge in [0.2, 0.25) is 11.0 Å². The van der Waals surface area contributed by atoms with E-state index < -0.39 is 0 Å². The molecule has 0 unspecified atom stereocenters. The van der Waals surface area contributed by atoms with Gasteiger partial charge in [-0.1, -0.05) is 46.8 Å². The summed E-state index contributed by atoms with van der Waals surface area (Å²) in [5.74, 6) is 0.143. The van der Waals surface area contributed by atoms with Gasteiger partial charge in [0.1, 0.15) is 0 Å². The molecule has 0 saturated carbocycles. The molecule has 27 heavy (non-hydrogen) atoms. The number of aryl methyl sites for hydroxylation is 2. The fourth-order valence-electron chi connectivity index (χ4n) is 2.46. The van der Waals surface area contributed by atoms with Crippen molar-refractivity contribution in [3.05, 3.63) is 50.7 Å². The van der Waals surface area contributed by atoms with Gasteiger partial charge in [0.05, 0.1) is 16.5 Å². The number of carbonyl (C=O) groups excluding carboxylic acids is 1. The van der Waals surface area contributed by atoms with Gasteiger partial charge in [-0.05, 0) is 48.9 Å². The summed E-state index contributed by atoms with van der Waals surface area (Å²) < 4.78 is 0.760. The fourth-order valence-corrected chi connectivity index (χ4v) is 5.12. The Balaban J connectivity index is 1.46. The number of rotatable bonds is 8. The zero-order valence-corrected chi connectivity index (χ0v) is 18.1. The van der Waals surface area contributed by atoms with Crippen molar-refractivity contribution in [3.63, 3.8) is 0 Å². The van der Waals surface area contributed by atoms with Gasteiger partial charge in [-0.3, -0.25) is 4.79 Å². The molecule has 5 nitrogen and oxygen atoms in total. The number of carbonyl (C=O) groups is 1. The monoisotopic (exact) mass is 438 g/mol. The third kappa shape index (κ3) is 5.93. The van der Waals surface area contributed by atoms with Gasteiger partial charge in [0.15, 0.2) is 4.34 Å². The second-order valence-electron chi connectivity index (χ2n) is 5.90. The maximum atomic E-state index is 12.2. The minimum absolute atomic E-state index is 0.115. The van der Waals surface area contributed by atoms with E-state index in [1.54, 1.807) is 11.3 Å². The van der Waals surface area contributed by atoms with Crippen molar-refractivity contribution in [1.29, 1.82) is 0 Å². The molecule has 142 valence electrons. The molecule has 0 fully saturated rings. The van der Waals surface area contributed by atoms with Gasteiger partial charge in [-0.25, -0.2) is 0 Å². The smallest absolute Gasteiger partial charge is 0.234 e. The number of halogens is 1. The molecule has 3 rings (SSSR count). The third-order valence-corrected chi connectivity index (χ3v) is 6.91. The van der Waals surface area contributed by atoms with E-state index in [1.165, 1.54) is 28.0 Å². The van der Waals surface area contributed by atoms with E-state index in [2.05, 4.69) is 38.3 Å². The molecule has 0 aliphatic heterocycles. The Labute approximate surface area is 175 Å². The number of nitrogens with zero attached hydrogens (tertiary/aromatic N) is 2. The van der Waals surface area contributed by atoms with E-state index in [4.69, 9.17) is 11.6 Å². The Hall–Kier alpha value is -1.61. The Morgan fingerprint density at radius 1 is 1.30 bits per heavy atom.